The summed E-state index contributed by atoms with van der Waals surface area (Å²) < 4.78 is 30.5. The number of para-hydroxylation sites is 1. The molecule has 4 rings (SSSR count). The second-order valence-corrected chi connectivity index (χ2v) is 9.31. The fourth-order valence-electron chi connectivity index (χ4n) is 3.55. The van der Waals surface area contributed by atoms with Crippen LogP contribution in [0.1, 0.15) is 36.6 Å². The molecule has 0 saturated heterocycles. The van der Waals surface area contributed by atoms with Gasteiger partial charge in [-0.15, -0.1) is 11.3 Å². The van der Waals surface area contributed by atoms with Crippen LogP contribution in [0.2, 0.25) is 0 Å². The van der Waals surface area contributed by atoms with Crippen molar-refractivity contribution in [2.24, 2.45) is 5.92 Å². The maximum Gasteiger partial charge on any atom is 0.244 e. The van der Waals surface area contributed by atoms with Crippen molar-refractivity contribution < 1.29 is 8.42 Å². The Hall–Kier alpha value is -1.96. The molecule has 1 fully saturated rings. The second-order valence-electron chi connectivity index (χ2n) is 6.62. The summed E-state index contributed by atoms with van der Waals surface area (Å²) >= 11 is 1.61. The summed E-state index contributed by atoms with van der Waals surface area (Å²) in [6.45, 7) is 0. The zero-order chi connectivity index (χ0) is 18.0. The molecule has 1 aliphatic rings. The van der Waals surface area contributed by atoms with Gasteiger partial charge in [-0.25, -0.2) is 17.8 Å². The first kappa shape index (κ1) is 17.5. The highest BCUT2D eigenvalue weighted by atomic mass is 32.2. The lowest BCUT2D eigenvalue weighted by atomic mass is 9.98. The van der Waals surface area contributed by atoms with Crippen LogP contribution in [0, 0.1) is 5.92 Å². The average Bonchev–Trinajstić information content (AvgIpc) is 3.43. The minimum Gasteiger partial charge on any atom is -0.240 e. The maximum atomic E-state index is 13.0. The number of thiophene rings is 1. The molecular formula is C19H21N3O2S2. The monoisotopic (exact) mass is 387 g/mol. The van der Waals surface area contributed by atoms with E-state index in [0.29, 0.717) is 5.92 Å². The van der Waals surface area contributed by atoms with Gasteiger partial charge >= 0.3 is 0 Å². The standard InChI is InChI=1S/C19H21N3O2S2/c23-26(24,17-13-20-22(14-17)16-9-2-1-3-10-16)21-19(15-7-4-5-8-15)18-11-6-12-25-18/h1-3,6,9-15,19,21H,4-5,7-8H2/t19-/m0/s1. The van der Waals surface area contributed by atoms with Crippen LogP contribution in [0.25, 0.3) is 5.69 Å². The lowest BCUT2D eigenvalue weighted by Crippen LogP contribution is -2.32. The molecule has 0 bridgehead atoms. The van der Waals surface area contributed by atoms with E-state index in [0.717, 1.165) is 23.4 Å². The molecule has 1 N–H and O–H groups in total. The lowest BCUT2D eigenvalue weighted by Gasteiger charge is -2.23. The highest BCUT2D eigenvalue weighted by molar-refractivity contribution is 7.89. The largest absolute Gasteiger partial charge is 0.244 e. The average molecular weight is 388 g/mol. The SMILES string of the molecule is O=S(=O)(N[C@H](c1cccs1)C1CCCC1)c1cnn(-c2ccccc2)c1. The zero-order valence-corrected chi connectivity index (χ0v) is 15.9. The molecule has 26 heavy (non-hydrogen) atoms. The van der Waals surface area contributed by atoms with Crippen LogP contribution in [0.3, 0.4) is 0 Å². The van der Waals surface area contributed by atoms with E-state index < -0.39 is 10.0 Å². The van der Waals surface area contributed by atoms with Gasteiger partial charge in [0.15, 0.2) is 0 Å². The Labute approximate surface area is 157 Å². The molecule has 0 unspecified atom stereocenters. The van der Waals surface area contributed by atoms with Crippen molar-refractivity contribution >= 4 is 21.4 Å². The summed E-state index contributed by atoms with van der Waals surface area (Å²) in [5.41, 5.74) is 0.833. The molecule has 3 aromatic rings. The molecule has 2 heterocycles. The minimum absolute atomic E-state index is 0.164. The molecule has 1 atom stereocenters. The van der Waals surface area contributed by atoms with E-state index in [4.69, 9.17) is 0 Å². The summed E-state index contributed by atoms with van der Waals surface area (Å²) in [5.74, 6) is 0.354. The first-order chi connectivity index (χ1) is 12.6. The molecule has 5 nitrogen and oxygen atoms in total. The Morgan fingerprint density at radius 3 is 2.58 bits per heavy atom. The molecule has 1 aromatic carbocycles. The topological polar surface area (TPSA) is 64.0 Å². The van der Waals surface area contributed by atoms with E-state index in [1.54, 1.807) is 22.2 Å². The fraction of sp³-hybridized carbons (Fsp3) is 0.316. The van der Waals surface area contributed by atoms with Gasteiger partial charge in [0.2, 0.25) is 10.0 Å². The number of benzene rings is 1. The van der Waals surface area contributed by atoms with Gasteiger partial charge in [0.25, 0.3) is 0 Å². The van der Waals surface area contributed by atoms with Gasteiger partial charge in [0.05, 0.1) is 24.1 Å². The number of hydrogen-bond acceptors (Lipinski definition) is 4. The molecule has 7 heteroatoms. The lowest BCUT2D eigenvalue weighted by molar-refractivity contribution is 0.415. The second kappa shape index (κ2) is 7.34. The van der Waals surface area contributed by atoms with E-state index in [-0.39, 0.29) is 10.9 Å². The molecule has 0 spiro atoms. The van der Waals surface area contributed by atoms with E-state index in [1.807, 2.05) is 47.8 Å². The van der Waals surface area contributed by atoms with Crippen LogP contribution in [-0.2, 0) is 10.0 Å². The number of aromatic nitrogens is 2. The van der Waals surface area contributed by atoms with Crippen LogP contribution >= 0.6 is 11.3 Å². The molecule has 0 aliphatic heterocycles. The molecule has 1 saturated carbocycles. The number of rotatable bonds is 6. The summed E-state index contributed by atoms with van der Waals surface area (Å²) in [7, 11) is -3.64. The van der Waals surface area contributed by atoms with Crippen molar-refractivity contribution in [2.75, 3.05) is 0 Å². The Kier molecular flexibility index (Phi) is 4.93. The van der Waals surface area contributed by atoms with Crippen molar-refractivity contribution in [3.63, 3.8) is 0 Å². The summed E-state index contributed by atoms with van der Waals surface area (Å²) in [4.78, 5) is 1.27. The van der Waals surface area contributed by atoms with Gasteiger partial charge < -0.3 is 0 Å². The Morgan fingerprint density at radius 1 is 1.12 bits per heavy atom. The highest BCUT2D eigenvalue weighted by Gasteiger charge is 2.31. The van der Waals surface area contributed by atoms with Gasteiger partial charge in [-0.05, 0) is 42.3 Å². The Balaban J connectivity index is 1.60. The van der Waals surface area contributed by atoms with Crippen molar-refractivity contribution in [3.05, 3.63) is 65.1 Å². The third kappa shape index (κ3) is 3.60. The summed E-state index contributed by atoms with van der Waals surface area (Å²) in [5, 5.41) is 6.22. The van der Waals surface area contributed by atoms with Crippen LogP contribution in [0.15, 0.2) is 65.1 Å². The number of sulfonamides is 1. The maximum absolute atomic E-state index is 13.0. The van der Waals surface area contributed by atoms with Crippen molar-refractivity contribution in [1.82, 2.24) is 14.5 Å². The van der Waals surface area contributed by atoms with E-state index in [1.165, 1.54) is 19.0 Å². The molecular weight excluding hydrogens is 366 g/mol. The van der Waals surface area contributed by atoms with Gasteiger partial charge in [-0.3, -0.25) is 0 Å². The fourth-order valence-corrected chi connectivity index (χ4v) is 5.71. The summed E-state index contributed by atoms with van der Waals surface area (Å²) in [6.07, 6.45) is 7.44. The quantitative estimate of drug-likeness (QED) is 0.691. The first-order valence-corrected chi connectivity index (χ1v) is 11.2. The molecule has 2 aromatic heterocycles. The van der Waals surface area contributed by atoms with Crippen LogP contribution in [-0.4, -0.2) is 18.2 Å². The zero-order valence-electron chi connectivity index (χ0n) is 14.3. The van der Waals surface area contributed by atoms with Gasteiger partial charge in [0, 0.05) is 4.88 Å². The molecule has 136 valence electrons. The van der Waals surface area contributed by atoms with Gasteiger partial charge in [0.1, 0.15) is 4.90 Å². The predicted molar refractivity (Wildman–Crippen MR) is 103 cm³/mol. The number of nitrogens with one attached hydrogen (secondary N) is 1. The third-order valence-corrected chi connectivity index (χ3v) is 7.24. The smallest absolute Gasteiger partial charge is 0.240 e. The van der Waals surface area contributed by atoms with Crippen molar-refractivity contribution in [3.8, 4) is 5.69 Å². The van der Waals surface area contributed by atoms with E-state index in [2.05, 4.69) is 9.82 Å². The molecule has 0 radical (unpaired) electrons. The Morgan fingerprint density at radius 2 is 1.88 bits per heavy atom. The van der Waals surface area contributed by atoms with Crippen molar-refractivity contribution in [2.45, 2.75) is 36.6 Å². The number of nitrogens with zero attached hydrogens (tertiary/aromatic N) is 2. The third-order valence-electron chi connectivity index (χ3n) is 4.89. The van der Waals surface area contributed by atoms with Crippen LogP contribution in [0.4, 0.5) is 0 Å². The van der Waals surface area contributed by atoms with Crippen LogP contribution < -0.4 is 4.72 Å². The normalized spacial score (nSPS) is 16.8. The highest BCUT2D eigenvalue weighted by Crippen LogP contribution is 2.38. The van der Waals surface area contributed by atoms with Gasteiger partial charge in [-0.1, -0.05) is 37.1 Å². The van der Waals surface area contributed by atoms with Crippen LogP contribution in [0.5, 0.6) is 0 Å². The molecule has 1 aliphatic carbocycles. The van der Waals surface area contributed by atoms with E-state index in [9.17, 15) is 8.42 Å². The van der Waals surface area contributed by atoms with Gasteiger partial charge in [-0.2, -0.15) is 5.10 Å². The predicted octanol–water partition coefficient (Wildman–Crippen LogP) is 4.14. The van der Waals surface area contributed by atoms with Crippen molar-refractivity contribution in [1.29, 1.82) is 0 Å². The minimum atomic E-state index is -3.64. The summed E-state index contributed by atoms with van der Waals surface area (Å²) in [6, 6.07) is 13.3. The Bertz CT molecular complexity index is 944. The molecule has 0 amide bonds. The number of hydrogen-bond donors (Lipinski definition) is 1. The van der Waals surface area contributed by atoms with E-state index >= 15 is 0 Å². The first-order valence-electron chi connectivity index (χ1n) is 8.79.